The van der Waals surface area contributed by atoms with Gasteiger partial charge in [0.15, 0.2) is 0 Å². The molecule has 6 rings (SSSR count). The summed E-state index contributed by atoms with van der Waals surface area (Å²) in [5.41, 5.74) is 9.54. The highest BCUT2D eigenvalue weighted by Crippen LogP contribution is 2.61. The lowest BCUT2D eigenvalue weighted by atomic mass is 9.65. The molecule has 1 aliphatic heterocycles. The van der Waals surface area contributed by atoms with Gasteiger partial charge in [-0.25, -0.2) is 5.84 Å². The number of hydrazine groups is 1. The third kappa shape index (κ3) is 1.64. The van der Waals surface area contributed by atoms with Crippen molar-refractivity contribution in [2.75, 3.05) is 5.01 Å². The van der Waals surface area contributed by atoms with E-state index in [-0.39, 0.29) is 5.41 Å². The van der Waals surface area contributed by atoms with E-state index in [1.807, 2.05) is 5.01 Å². The number of nitrogens with two attached hydrogens (primary N) is 1. The van der Waals surface area contributed by atoms with Gasteiger partial charge in [-0.15, -0.1) is 0 Å². The molecule has 0 radical (unpaired) electrons. The van der Waals surface area contributed by atoms with Crippen LogP contribution in [0.2, 0.25) is 0 Å². The lowest BCUT2D eigenvalue weighted by Gasteiger charge is -2.43. The number of para-hydroxylation sites is 2. The molecule has 0 amide bonds. The van der Waals surface area contributed by atoms with Gasteiger partial charge in [-0.3, -0.25) is 5.01 Å². The van der Waals surface area contributed by atoms with Crippen LogP contribution < -0.4 is 10.9 Å². The number of fused-ring (bicyclic) bond motifs is 9. The smallest absolute Gasteiger partial charge is 0.0755 e. The molecule has 0 saturated carbocycles. The summed E-state index contributed by atoms with van der Waals surface area (Å²) in [6.45, 7) is 0. The van der Waals surface area contributed by atoms with Crippen LogP contribution in [0, 0.1) is 0 Å². The number of benzene rings is 4. The SMILES string of the molecule is NN1c2ccccc2C2(c3ccccc3-c3ccccc32)c2ccccc21. The Labute approximate surface area is 158 Å². The second-order valence-electron chi connectivity index (χ2n) is 7.25. The standard InChI is InChI=1S/C25H18N2/c26-27-23-15-7-5-13-21(23)25(22-14-6-8-16-24(22)27)19-11-3-1-9-17(19)18-10-2-4-12-20(18)25/h1-16H,26H2. The molecule has 2 nitrogen and oxygen atoms in total. The molecule has 0 unspecified atom stereocenters. The van der Waals surface area contributed by atoms with Crippen molar-refractivity contribution >= 4 is 11.4 Å². The quantitative estimate of drug-likeness (QED) is 0.382. The average Bonchev–Trinajstić information content (AvgIpc) is 3.04. The van der Waals surface area contributed by atoms with Crippen LogP contribution in [0.4, 0.5) is 11.4 Å². The summed E-state index contributed by atoms with van der Waals surface area (Å²) in [5.74, 6) is 6.58. The summed E-state index contributed by atoms with van der Waals surface area (Å²) >= 11 is 0. The lowest BCUT2D eigenvalue weighted by molar-refractivity contribution is 0.741. The minimum absolute atomic E-state index is 0.337. The molecular weight excluding hydrogens is 328 g/mol. The molecule has 2 heteroatoms. The fourth-order valence-electron chi connectivity index (χ4n) is 5.09. The van der Waals surface area contributed by atoms with Gasteiger partial charge in [-0.05, 0) is 45.5 Å². The van der Waals surface area contributed by atoms with Gasteiger partial charge in [0.05, 0.1) is 16.8 Å². The van der Waals surface area contributed by atoms with Crippen LogP contribution in [0.1, 0.15) is 22.3 Å². The van der Waals surface area contributed by atoms with Gasteiger partial charge in [0.25, 0.3) is 0 Å². The van der Waals surface area contributed by atoms with Crippen LogP contribution >= 0.6 is 0 Å². The zero-order valence-corrected chi connectivity index (χ0v) is 14.8. The van der Waals surface area contributed by atoms with Crippen molar-refractivity contribution in [2.45, 2.75) is 5.41 Å². The summed E-state index contributed by atoms with van der Waals surface area (Å²) in [7, 11) is 0. The average molecular weight is 346 g/mol. The first-order chi connectivity index (χ1) is 13.3. The Hall–Kier alpha value is -3.36. The molecule has 0 atom stereocenters. The summed E-state index contributed by atoms with van der Waals surface area (Å²) in [5, 5.41) is 1.83. The Balaban J connectivity index is 1.87. The zero-order chi connectivity index (χ0) is 18.0. The van der Waals surface area contributed by atoms with Gasteiger partial charge in [0.1, 0.15) is 0 Å². The summed E-state index contributed by atoms with van der Waals surface area (Å²) in [6.07, 6.45) is 0. The maximum Gasteiger partial charge on any atom is 0.0755 e. The minimum atomic E-state index is -0.337. The molecule has 0 saturated heterocycles. The molecule has 1 spiro atoms. The fraction of sp³-hybridized carbons (Fsp3) is 0.0400. The Morgan fingerprint density at radius 1 is 0.481 bits per heavy atom. The monoisotopic (exact) mass is 346 g/mol. The van der Waals surface area contributed by atoms with Gasteiger partial charge in [-0.2, -0.15) is 0 Å². The van der Waals surface area contributed by atoms with Gasteiger partial charge in [0.2, 0.25) is 0 Å². The molecule has 2 aliphatic rings. The van der Waals surface area contributed by atoms with Crippen LogP contribution in [0.25, 0.3) is 11.1 Å². The second kappa shape index (κ2) is 5.09. The predicted molar refractivity (Wildman–Crippen MR) is 110 cm³/mol. The van der Waals surface area contributed by atoms with Gasteiger partial charge >= 0.3 is 0 Å². The van der Waals surface area contributed by atoms with E-state index in [4.69, 9.17) is 5.84 Å². The summed E-state index contributed by atoms with van der Waals surface area (Å²) < 4.78 is 0. The Kier molecular flexibility index (Phi) is 2.78. The minimum Gasteiger partial charge on any atom is -0.279 e. The molecule has 0 bridgehead atoms. The fourth-order valence-corrected chi connectivity index (χ4v) is 5.09. The predicted octanol–water partition coefficient (Wildman–Crippen LogP) is 5.37. The maximum absolute atomic E-state index is 6.58. The molecule has 0 aromatic heterocycles. The van der Waals surface area contributed by atoms with E-state index in [9.17, 15) is 0 Å². The van der Waals surface area contributed by atoms with Crippen molar-refractivity contribution in [2.24, 2.45) is 5.84 Å². The normalized spacial score (nSPS) is 15.1. The number of anilines is 2. The third-order valence-corrected chi connectivity index (χ3v) is 6.09. The van der Waals surface area contributed by atoms with Crippen molar-refractivity contribution < 1.29 is 0 Å². The van der Waals surface area contributed by atoms with Crippen LogP contribution in [0.15, 0.2) is 97.1 Å². The van der Waals surface area contributed by atoms with E-state index in [1.165, 1.54) is 33.4 Å². The highest BCUT2D eigenvalue weighted by atomic mass is 15.4. The Bertz CT molecular complexity index is 1110. The molecule has 1 aliphatic carbocycles. The number of hydrogen-bond acceptors (Lipinski definition) is 2. The maximum atomic E-state index is 6.58. The van der Waals surface area contributed by atoms with Gasteiger partial charge in [-0.1, -0.05) is 84.9 Å². The van der Waals surface area contributed by atoms with Crippen LogP contribution in [-0.4, -0.2) is 0 Å². The molecule has 1 heterocycles. The van der Waals surface area contributed by atoms with Crippen molar-refractivity contribution in [1.29, 1.82) is 0 Å². The molecule has 128 valence electrons. The van der Waals surface area contributed by atoms with E-state index >= 15 is 0 Å². The summed E-state index contributed by atoms with van der Waals surface area (Å²) in [4.78, 5) is 0. The molecule has 0 fully saturated rings. The first-order valence-corrected chi connectivity index (χ1v) is 9.26. The third-order valence-electron chi connectivity index (χ3n) is 6.09. The highest BCUT2D eigenvalue weighted by Gasteiger charge is 2.50. The van der Waals surface area contributed by atoms with Crippen LogP contribution in [-0.2, 0) is 5.41 Å². The van der Waals surface area contributed by atoms with Crippen molar-refractivity contribution in [1.82, 2.24) is 0 Å². The van der Waals surface area contributed by atoms with Gasteiger partial charge < -0.3 is 0 Å². The Morgan fingerprint density at radius 2 is 0.852 bits per heavy atom. The molecule has 27 heavy (non-hydrogen) atoms. The topological polar surface area (TPSA) is 29.3 Å². The van der Waals surface area contributed by atoms with E-state index in [1.54, 1.807) is 0 Å². The Morgan fingerprint density at radius 3 is 1.33 bits per heavy atom. The number of hydrogen-bond donors (Lipinski definition) is 1. The zero-order valence-electron chi connectivity index (χ0n) is 14.8. The lowest BCUT2D eigenvalue weighted by Crippen LogP contribution is -2.40. The molecule has 4 aromatic rings. The van der Waals surface area contributed by atoms with E-state index in [2.05, 4.69) is 97.1 Å². The highest BCUT2D eigenvalue weighted by molar-refractivity contribution is 5.92. The number of rotatable bonds is 0. The van der Waals surface area contributed by atoms with Crippen molar-refractivity contribution in [3.8, 4) is 11.1 Å². The number of nitrogens with zero attached hydrogens (tertiary/aromatic N) is 1. The largest absolute Gasteiger partial charge is 0.279 e. The molecule has 4 aromatic carbocycles. The van der Waals surface area contributed by atoms with Gasteiger partial charge in [0, 0.05) is 0 Å². The molecular formula is C25H18N2. The first-order valence-electron chi connectivity index (χ1n) is 9.26. The summed E-state index contributed by atoms with van der Waals surface area (Å²) in [6, 6.07) is 34.6. The van der Waals surface area contributed by atoms with Crippen molar-refractivity contribution in [3.63, 3.8) is 0 Å². The first kappa shape index (κ1) is 14.8. The van der Waals surface area contributed by atoms with E-state index in [0.29, 0.717) is 0 Å². The van der Waals surface area contributed by atoms with Crippen molar-refractivity contribution in [3.05, 3.63) is 119 Å². The van der Waals surface area contributed by atoms with Crippen LogP contribution in [0.5, 0.6) is 0 Å². The van der Waals surface area contributed by atoms with Crippen LogP contribution in [0.3, 0.4) is 0 Å². The molecule has 2 N–H and O–H groups in total. The second-order valence-corrected chi connectivity index (χ2v) is 7.25. The van der Waals surface area contributed by atoms with E-state index < -0.39 is 0 Å². The van der Waals surface area contributed by atoms with E-state index in [0.717, 1.165) is 11.4 Å².